The fourth-order valence-electron chi connectivity index (χ4n) is 2.80. The van der Waals surface area contributed by atoms with E-state index in [2.05, 4.69) is 12.1 Å². The molecule has 0 spiro atoms. The number of aliphatic hydroxyl groups is 1. The largest absolute Gasteiger partial charge is 0.497 e. The minimum absolute atomic E-state index is 0.149. The van der Waals surface area contributed by atoms with Gasteiger partial charge in [-0.25, -0.2) is 0 Å². The van der Waals surface area contributed by atoms with Crippen LogP contribution in [0.2, 0.25) is 0 Å². The van der Waals surface area contributed by atoms with Crippen molar-refractivity contribution >= 4 is 0 Å². The molecule has 3 N–H and O–H groups in total. The molecule has 0 heterocycles. The van der Waals surface area contributed by atoms with Crippen molar-refractivity contribution in [3.8, 4) is 5.75 Å². The molecule has 19 heavy (non-hydrogen) atoms. The van der Waals surface area contributed by atoms with Crippen molar-refractivity contribution in [2.75, 3.05) is 26.9 Å². The number of rotatable bonds is 6. The van der Waals surface area contributed by atoms with Crippen LogP contribution in [0.5, 0.6) is 5.75 Å². The summed E-state index contributed by atoms with van der Waals surface area (Å²) in [7, 11) is 1.68. The molecular formula is C15H23NO3. The lowest BCUT2D eigenvalue weighted by molar-refractivity contribution is -0.0598. The molecule has 106 valence electrons. The zero-order chi connectivity index (χ0) is 13.7. The monoisotopic (exact) mass is 265 g/mol. The first-order valence-electron chi connectivity index (χ1n) is 6.88. The van der Waals surface area contributed by atoms with Crippen molar-refractivity contribution in [2.45, 2.75) is 31.3 Å². The quantitative estimate of drug-likeness (QED) is 0.767. The van der Waals surface area contributed by atoms with Gasteiger partial charge < -0.3 is 20.3 Å². The zero-order valence-corrected chi connectivity index (χ0v) is 11.5. The van der Waals surface area contributed by atoms with Crippen molar-refractivity contribution in [1.82, 2.24) is 0 Å². The number of benzene rings is 1. The van der Waals surface area contributed by atoms with Gasteiger partial charge in [0.15, 0.2) is 0 Å². The number of aliphatic hydroxyl groups excluding tert-OH is 1. The van der Waals surface area contributed by atoms with Crippen molar-refractivity contribution in [3.05, 3.63) is 29.3 Å². The van der Waals surface area contributed by atoms with E-state index in [1.165, 1.54) is 11.1 Å². The number of hydrogen-bond donors (Lipinski definition) is 2. The summed E-state index contributed by atoms with van der Waals surface area (Å²) >= 11 is 0. The number of nitrogens with two attached hydrogens (primary N) is 1. The van der Waals surface area contributed by atoms with Crippen LogP contribution in [0.25, 0.3) is 0 Å². The summed E-state index contributed by atoms with van der Waals surface area (Å²) < 4.78 is 11.3. The predicted molar refractivity (Wildman–Crippen MR) is 74.3 cm³/mol. The molecule has 0 fully saturated rings. The van der Waals surface area contributed by atoms with Gasteiger partial charge in [0.2, 0.25) is 0 Å². The summed E-state index contributed by atoms with van der Waals surface area (Å²) in [5, 5.41) is 8.89. The van der Waals surface area contributed by atoms with Gasteiger partial charge >= 0.3 is 0 Å². The molecule has 2 rings (SSSR count). The number of ether oxygens (including phenoxy) is 2. The van der Waals surface area contributed by atoms with Crippen LogP contribution < -0.4 is 10.5 Å². The third-order valence-electron chi connectivity index (χ3n) is 3.84. The van der Waals surface area contributed by atoms with Crippen LogP contribution in [-0.2, 0) is 16.8 Å². The molecule has 0 aromatic heterocycles. The topological polar surface area (TPSA) is 64.7 Å². The number of fused-ring (bicyclic) bond motifs is 1. The minimum Gasteiger partial charge on any atom is -0.497 e. The lowest BCUT2D eigenvalue weighted by Crippen LogP contribution is -2.41. The van der Waals surface area contributed by atoms with E-state index in [0.29, 0.717) is 19.6 Å². The average molecular weight is 265 g/mol. The van der Waals surface area contributed by atoms with Crippen LogP contribution in [-0.4, -0.2) is 32.0 Å². The van der Waals surface area contributed by atoms with E-state index in [4.69, 9.17) is 20.3 Å². The van der Waals surface area contributed by atoms with Crippen LogP contribution in [0.1, 0.15) is 30.4 Å². The van der Waals surface area contributed by atoms with E-state index in [0.717, 1.165) is 25.0 Å². The normalized spacial score (nSPS) is 22.1. The van der Waals surface area contributed by atoms with Crippen molar-refractivity contribution in [1.29, 1.82) is 0 Å². The first-order valence-corrected chi connectivity index (χ1v) is 6.88. The lowest BCUT2D eigenvalue weighted by atomic mass is 9.79. The molecule has 0 radical (unpaired) electrons. The average Bonchev–Trinajstić information content (AvgIpc) is 2.47. The Balaban J connectivity index is 2.27. The summed E-state index contributed by atoms with van der Waals surface area (Å²) in [5.41, 5.74) is 8.04. The molecule has 0 aliphatic heterocycles. The van der Waals surface area contributed by atoms with Crippen molar-refractivity contribution in [3.63, 3.8) is 0 Å². The zero-order valence-electron chi connectivity index (χ0n) is 11.5. The second-order valence-electron chi connectivity index (χ2n) is 5.00. The maximum atomic E-state index is 8.89. The second-order valence-corrected chi connectivity index (χ2v) is 5.00. The van der Waals surface area contributed by atoms with Gasteiger partial charge in [0, 0.05) is 13.2 Å². The van der Waals surface area contributed by atoms with Crippen LogP contribution in [0.4, 0.5) is 0 Å². The number of aryl methyl sites for hydroxylation is 1. The van der Waals surface area contributed by atoms with Crippen LogP contribution in [0.15, 0.2) is 18.2 Å². The Bertz CT molecular complexity index is 422. The van der Waals surface area contributed by atoms with Crippen LogP contribution in [0.3, 0.4) is 0 Å². The molecular weight excluding hydrogens is 242 g/mol. The highest BCUT2D eigenvalue weighted by Crippen LogP contribution is 2.39. The predicted octanol–water partition coefficient (Wildman–Crippen LogP) is 1.58. The highest BCUT2D eigenvalue weighted by molar-refractivity contribution is 5.41. The van der Waals surface area contributed by atoms with Gasteiger partial charge in [0.05, 0.1) is 13.7 Å². The Morgan fingerprint density at radius 1 is 1.42 bits per heavy atom. The summed E-state index contributed by atoms with van der Waals surface area (Å²) in [5.74, 6) is 0.877. The van der Waals surface area contributed by atoms with E-state index >= 15 is 0 Å². The molecule has 0 saturated heterocycles. The summed E-state index contributed by atoms with van der Waals surface area (Å²) in [6.07, 6.45) is 3.69. The second kappa shape index (κ2) is 6.37. The number of hydrogen-bond acceptors (Lipinski definition) is 4. The van der Waals surface area contributed by atoms with Gasteiger partial charge in [-0.2, -0.15) is 0 Å². The van der Waals surface area contributed by atoms with E-state index in [1.54, 1.807) is 7.11 Å². The SMILES string of the molecule is COc1ccc2c(c1)CCCC2(CN)OCCCO. The summed E-state index contributed by atoms with van der Waals surface area (Å²) in [6.45, 7) is 1.16. The fraction of sp³-hybridized carbons (Fsp3) is 0.600. The van der Waals surface area contributed by atoms with Gasteiger partial charge in [0.1, 0.15) is 11.4 Å². The minimum atomic E-state index is -0.394. The Hall–Kier alpha value is -1.10. The molecule has 1 atom stereocenters. The molecule has 4 nitrogen and oxygen atoms in total. The van der Waals surface area contributed by atoms with Crippen LogP contribution in [0, 0.1) is 0 Å². The highest BCUT2D eigenvalue weighted by Gasteiger charge is 2.36. The maximum Gasteiger partial charge on any atom is 0.119 e. The van der Waals surface area contributed by atoms with Gasteiger partial charge in [-0.15, -0.1) is 0 Å². The lowest BCUT2D eigenvalue weighted by Gasteiger charge is -2.38. The van der Waals surface area contributed by atoms with E-state index in [9.17, 15) is 0 Å². The molecule has 0 saturated carbocycles. The Labute approximate surface area is 114 Å². The summed E-state index contributed by atoms with van der Waals surface area (Å²) in [6, 6.07) is 6.11. The molecule has 1 aliphatic rings. The molecule has 1 aliphatic carbocycles. The smallest absolute Gasteiger partial charge is 0.119 e. The van der Waals surface area contributed by atoms with Crippen molar-refractivity contribution < 1.29 is 14.6 Å². The van der Waals surface area contributed by atoms with E-state index in [-0.39, 0.29) is 6.61 Å². The van der Waals surface area contributed by atoms with Gasteiger partial charge in [-0.3, -0.25) is 0 Å². The first kappa shape index (κ1) is 14.3. The van der Waals surface area contributed by atoms with Crippen molar-refractivity contribution in [2.24, 2.45) is 5.73 Å². The standard InChI is InChI=1S/C15H23NO3/c1-18-13-5-6-14-12(10-13)4-2-7-15(14,11-16)19-9-3-8-17/h5-6,10,17H,2-4,7-9,11,16H2,1H3. The molecule has 4 heteroatoms. The fourth-order valence-corrected chi connectivity index (χ4v) is 2.80. The molecule has 0 bridgehead atoms. The molecule has 1 unspecified atom stereocenters. The third-order valence-corrected chi connectivity index (χ3v) is 3.84. The molecule has 1 aromatic carbocycles. The molecule has 1 aromatic rings. The Morgan fingerprint density at radius 3 is 2.95 bits per heavy atom. The summed E-state index contributed by atoms with van der Waals surface area (Å²) in [4.78, 5) is 0. The van der Waals surface area contributed by atoms with Gasteiger partial charge in [-0.05, 0) is 48.9 Å². The number of methoxy groups -OCH3 is 1. The third kappa shape index (κ3) is 2.91. The van der Waals surface area contributed by atoms with E-state index in [1.807, 2.05) is 6.07 Å². The maximum absolute atomic E-state index is 8.89. The Morgan fingerprint density at radius 2 is 2.26 bits per heavy atom. The van der Waals surface area contributed by atoms with Crippen LogP contribution >= 0.6 is 0 Å². The van der Waals surface area contributed by atoms with Gasteiger partial charge in [0.25, 0.3) is 0 Å². The molecule has 0 amide bonds. The van der Waals surface area contributed by atoms with E-state index < -0.39 is 5.60 Å². The first-order chi connectivity index (χ1) is 9.25. The van der Waals surface area contributed by atoms with Gasteiger partial charge in [-0.1, -0.05) is 6.07 Å². The Kier molecular flexibility index (Phi) is 4.80. The highest BCUT2D eigenvalue weighted by atomic mass is 16.5.